The Bertz CT molecular complexity index is 993. The lowest BCUT2D eigenvalue weighted by molar-refractivity contribution is -0.134. The Kier molecular flexibility index (Phi) is 6.32. The van der Waals surface area contributed by atoms with Gasteiger partial charge in [-0.3, -0.25) is 14.4 Å². The number of aromatic nitrogens is 2. The van der Waals surface area contributed by atoms with Crippen LogP contribution in [0.25, 0.3) is 0 Å². The molecule has 1 heterocycles. The van der Waals surface area contributed by atoms with Crippen LogP contribution in [0.15, 0.2) is 29.1 Å². The maximum Gasteiger partial charge on any atom is 0.285 e. The van der Waals surface area contributed by atoms with E-state index in [-0.39, 0.29) is 18.7 Å². The van der Waals surface area contributed by atoms with Gasteiger partial charge < -0.3 is 10.2 Å². The lowest BCUT2D eigenvalue weighted by Gasteiger charge is -2.18. The first kappa shape index (κ1) is 20.1. The normalized spacial score (nSPS) is 10.2. The van der Waals surface area contributed by atoms with Crippen LogP contribution >= 0.6 is 11.6 Å². The third-order valence-electron chi connectivity index (χ3n) is 3.99. The van der Waals surface area contributed by atoms with Crippen molar-refractivity contribution in [1.29, 1.82) is 5.26 Å². The summed E-state index contributed by atoms with van der Waals surface area (Å²) in [6.45, 7) is 2.68. The molecule has 0 radical (unpaired) electrons. The molecule has 0 aliphatic heterocycles. The summed E-state index contributed by atoms with van der Waals surface area (Å²) in [5.74, 6) is -0.928. The fourth-order valence-corrected chi connectivity index (χ4v) is 2.50. The highest BCUT2D eigenvalue weighted by Crippen LogP contribution is 2.20. The molecule has 8 nitrogen and oxygen atoms in total. The second kappa shape index (κ2) is 8.47. The van der Waals surface area contributed by atoms with Gasteiger partial charge in [-0.1, -0.05) is 23.7 Å². The van der Waals surface area contributed by atoms with Crippen molar-refractivity contribution < 1.29 is 9.59 Å². The van der Waals surface area contributed by atoms with Crippen LogP contribution in [0, 0.1) is 25.2 Å². The Hall–Kier alpha value is -3.18. The average molecular weight is 388 g/mol. The highest BCUT2D eigenvalue weighted by Gasteiger charge is 2.18. The minimum absolute atomic E-state index is 0.0468. The molecular weight excluding hydrogens is 370 g/mol. The molecular formula is C18H18ClN5O3. The minimum atomic E-state index is -0.636. The number of anilines is 1. The Morgan fingerprint density at radius 3 is 2.63 bits per heavy atom. The lowest BCUT2D eigenvalue weighted by atomic mass is 10.1. The van der Waals surface area contributed by atoms with Gasteiger partial charge in [0.25, 0.3) is 5.56 Å². The highest BCUT2D eigenvalue weighted by molar-refractivity contribution is 6.33. The predicted molar refractivity (Wildman–Crippen MR) is 100 cm³/mol. The molecule has 0 saturated carbocycles. The molecule has 2 aromatic rings. The SMILES string of the molecule is Cc1nn(CC(=O)N(C)CC(=O)Nc2ccccc2Cl)c(=O)c(C#N)c1C. The molecule has 0 aliphatic rings. The fraction of sp³-hybridized carbons (Fsp3) is 0.278. The van der Waals surface area contributed by atoms with Crippen molar-refractivity contribution in [1.82, 2.24) is 14.7 Å². The van der Waals surface area contributed by atoms with Crippen molar-refractivity contribution in [3.8, 4) is 6.07 Å². The Morgan fingerprint density at radius 1 is 1.33 bits per heavy atom. The summed E-state index contributed by atoms with van der Waals surface area (Å²) in [6, 6.07) is 8.57. The van der Waals surface area contributed by atoms with E-state index in [2.05, 4.69) is 10.4 Å². The van der Waals surface area contributed by atoms with Crippen molar-refractivity contribution in [2.75, 3.05) is 18.9 Å². The molecule has 0 bridgehead atoms. The van der Waals surface area contributed by atoms with Crippen molar-refractivity contribution in [2.24, 2.45) is 0 Å². The number of hydrogen-bond acceptors (Lipinski definition) is 5. The number of aryl methyl sites for hydroxylation is 1. The van der Waals surface area contributed by atoms with E-state index < -0.39 is 17.4 Å². The molecule has 140 valence electrons. The van der Waals surface area contributed by atoms with E-state index in [4.69, 9.17) is 16.9 Å². The van der Waals surface area contributed by atoms with Gasteiger partial charge in [-0.25, -0.2) is 4.68 Å². The number of para-hydroxylation sites is 1. The number of rotatable bonds is 5. The van der Waals surface area contributed by atoms with Gasteiger partial charge in [-0.2, -0.15) is 10.4 Å². The lowest BCUT2D eigenvalue weighted by Crippen LogP contribution is -2.40. The molecule has 0 atom stereocenters. The number of nitrogens with zero attached hydrogens (tertiary/aromatic N) is 4. The van der Waals surface area contributed by atoms with Gasteiger partial charge in [-0.05, 0) is 31.5 Å². The number of carbonyl (C=O) groups is 2. The van der Waals surface area contributed by atoms with Gasteiger partial charge in [0, 0.05) is 7.05 Å². The zero-order valence-corrected chi connectivity index (χ0v) is 15.9. The molecule has 27 heavy (non-hydrogen) atoms. The van der Waals surface area contributed by atoms with Crippen LogP contribution in [0.1, 0.15) is 16.8 Å². The second-order valence-electron chi connectivity index (χ2n) is 5.94. The van der Waals surface area contributed by atoms with Crippen molar-refractivity contribution in [2.45, 2.75) is 20.4 Å². The largest absolute Gasteiger partial charge is 0.335 e. The number of likely N-dealkylation sites (N-methyl/N-ethyl adjacent to an activating group) is 1. The molecule has 1 N–H and O–H groups in total. The molecule has 9 heteroatoms. The molecule has 0 spiro atoms. The minimum Gasteiger partial charge on any atom is -0.335 e. The van der Waals surface area contributed by atoms with Crippen molar-refractivity contribution in [3.63, 3.8) is 0 Å². The number of benzene rings is 1. The van der Waals surface area contributed by atoms with E-state index in [0.717, 1.165) is 4.68 Å². The van der Waals surface area contributed by atoms with Crippen LogP contribution in [0.4, 0.5) is 5.69 Å². The van der Waals surface area contributed by atoms with Gasteiger partial charge in [0.05, 0.1) is 22.9 Å². The topological polar surface area (TPSA) is 108 Å². The number of nitriles is 1. The zero-order chi connectivity index (χ0) is 20.1. The molecule has 2 amide bonds. The van der Waals surface area contributed by atoms with Crippen LogP contribution in [0.2, 0.25) is 5.02 Å². The summed E-state index contributed by atoms with van der Waals surface area (Å²) in [6.07, 6.45) is 0. The average Bonchev–Trinajstić information content (AvgIpc) is 2.62. The quantitative estimate of drug-likeness (QED) is 0.835. The van der Waals surface area contributed by atoms with Gasteiger partial charge in [0.2, 0.25) is 11.8 Å². The van der Waals surface area contributed by atoms with Crippen LogP contribution in [0.5, 0.6) is 0 Å². The molecule has 0 aliphatic carbocycles. The van der Waals surface area contributed by atoms with Gasteiger partial charge in [0.1, 0.15) is 18.2 Å². The first-order valence-electron chi connectivity index (χ1n) is 8.01. The van der Waals surface area contributed by atoms with E-state index in [1.165, 1.54) is 11.9 Å². The summed E-state index contributed by atoms with van der Waals surface area (Å²) in [7, 11) is 1.44. The zero-order valence-electron chi connectivity index (χ0n) is 15.1. The van der Waals surface area contributed by atoms with Crippen molar-refractivity contribution >= 4 is 29.1 Å². The van der Waals surface area contributed by atoms with Crippen LogP contribution in [-0.4, -0.2) is 40.1 Å². The molecule has 1 aromatic heterocycles. The number of nitrogens with one attached hydrogen (secondary N) is 1. The molecule has 0 unspecified atom stereocenters. The highest BCUT2D eigenvalue weighted by atomic mass is 35.5. The number of amides is 2. The third-order valence-corrected chi connectivity index (χ3v) is 4.32. The fourth-order valence-electron chi connectivity index (χ4n) is 2.32. The van der Waals surface area contributed by atoms with Gasteiger partial charge in [-0.15, -0.1) is 0 Å². The molecule has 0 fully saturated rings. The smallest absolute Gasteiger partial charge is 0.285 e. The summed E-state index contributed by atoms with van der Waals surface area (Å²) in [5.41, 5.74) is 0.727. The van der Waals surface area contributed by atoms with E-state index >= 15 is 0 Å². The number of carbonyl (C=O) groups excluding carboxylic acids is 2. The Morgan fingerprint density at radius 2 is 2.00 bits per heavy atom. The molecule has 0 saturated heterocycles. The van der Waals surface area contributed by atoms with Crippen molar-refractivity contribution in [3.05, 3.63) is 56.5 Å². The predicted octanol–water partition coefficient (Wildman–Crippen LogP) is 1.48. The maximum atomic E-state index is 12.4. The number of halogens is 1. The molecule has 2 rings (SSSR count). The summed E-state index contributed by atoms with van der Waals surface area (Å²) < 4.78 is 0.936. The number of hydrogen-bond donors (Lipinski definition) is 1. The summed E-state index contributed by atoms with van der Waals surface area (Å²) >= 11 is 5.98. The third kappa shape index (κ3) is 4.71. The first-order valence-corrected chi connectivity index (χ1v) is 8.39. The Balaban J connectivity index is 2.07. The molecule has 1 aromatic carbocycles. The maximum absolute atomic E-state index is 12.4. The van der Waals surface area contributed by atoms with Crippen LogP contribution in [-0.2, 0) is 16.1 Å². The first-order chi connectivity index (χ1) is 12.7. The van der Waals surface area contributed by atoms with Crippen LogP contribution < -0.4 is 10.9 Å². The monoisotopic (exact) mass is 387 g/mol. The van der Waals surface area contributed by atoms with E-state index in [1.54, 1.807) is 38.1 Å². The van der Waals surface area contributed by atoms with Crippen LogP contribution in [0.3, 0.4) is 0 Å². The summed E-state index contributed by atoms with van der Waals surface area (Å²) in [5, 5.41) is 16.2. The van der Waals surface area contributed by atoms with Gasteiger partial charge >= 0.3 is 0 Å². The van der Waals surface area contributed by atoms with E-state index in [1.807, 2.05) is 6.07 Å². The standard InChI is InChI=1S/C18H18ClN5O3/c1-11-12(2)22-24(18(27)13(11)8-20)10-17(26)23(3)9-16(25)21-15-7-5-4-6-14(15)19/h4-7H,9-10H2,1-3H3,(H,21,25). The summed E-state index contributed by atoms with van der Waals surface area (Å²) in [4.78, 5) is 37.9. The Labute approximate surface area is 161 Å². The van der Waals surface area contributed by atoms with Gasteiger partial charge in [0.15, 0.2) is 0 Å². The van der Waals surface area contributed by atoms with E-state index in [0.29, 0.717) is 22.0 Å². The second-order valence-corrected chi connectivity index (χ2v) is 6.35. The van der Waals surface area contributed by atoms with E-state index in [9.17, 15) is 14.4 Å².